The first kappa shape index (κ1) is 21.6. The monoisotopic (exact) mass is 461 g/mol. The standard InChI is InChI=1S/C18H19N7O4S2/c1-28-16-14(25-6-11(23-24-25)12-8-30-18(20)22-12)15(27)13(7-26)29-17(16)31-10-2-9(3-19)4-21-5-10/h2,4-6,8,13-17,26-27H,7H2,1H3,(H2,20,22)/t13?,14?,15-,16?,17+/m0/s1. The van der Waals surface area contributed by atoms with E-state index >= 15 is 0 Å². The third kappa shape index (κ3) is 4.40. The van der Waals surface area contributed by atoms with Crippen LogP contribution in [0.4, 0.5) is 5.13 Å². The number of nitriles is 1. The van der Waals surface area contributed by atoms with Crippen LogP contribution in [-0.2, 0) is 9.47 Å². The van der Waals surface area contributed by atoms with E-state index in [1.165, 1.54) is 41.1 Å². The number of hydrogen-bond acceptors (Lipinski definition) is 12. The van der Waals surface area contributed by atoms with E-state index in [1.807, 2.05) is 6.07 Å². The number of thioether (sulfide) groups is 1. The summed E-state index contributed by atoms with van der Waals surface area (Å²) in [5, 5.41) is 40.3. The van der Waals surface area contributed by atoms with Gasteiger partial charge in [0.1, 0.15) is 47.2 Å². The molecule has 1 aliphatic heterocycles. The molecular formula is C18H19N7O4S2. The molecule has 0 aromatic carbocycles. The van der Waals surface area contributed by atoms with Gasteiger partial charge in [-0.2, -0.15) is 5.26 Å². The number of nitrogens with zero attached hydrogens (tertiary/aromatic N) is 6. The molecule has 0 amide bonds. The number of methoxy groups -OCH3 is 1. The molecule has 1 aliphatic rings. The Hall–Kier alpha value is -2.60. The number of pyridine rings is 1. The molecule has 4 heterocycles. The number of hydrogen-bond donors (Lipinski definition) is 3. The molecule has 31 heavy (non-hydrogen) atoms. The molecule has 4 rings (SSSR count). The molecule has 11 nitrogen and oxygen atoms in total. The zero-order valence-electron chi connectivity index (χ0n) is 16.3. The smallest absolute Gasteiger partial charge is 0.180 e. The van der Waals surface area contributed by atoms with Crippen LogP contribution in [0.3, 0.4) is 0 Å². The van der Waals surface area contributed by atoms with Crippen molar-refractivity contribution in [3.05, 3.63) is 35.6 Å². The third-order valence-corrected chi connectivity index (χ3v) is 6.57. The molecule has 4 N–H and O–H groups in total. The van der Waals surface area contributed by atoms with E-state index in [1.54, 1.807) is 23.8 Å². The first-order valence-corrected chi connectivity index (χ1v) is 10.9. The van der Waals surface area contributed by atoms with Gasteiger partial charge < -0.3 is 25.4 Å². The van der Waals surface area contributed by atoms with Crippen LogP contribution in [0.2, 0.25) is 0 Å². The lowest BCUT2D eigenvalue weighted by atomic mass is 9.97. The number of aromatic nitrogens is 5. The van der Waals surface area contributed by atoms with Gasteiger partial charge >= 0.3 is 0 Å². The zero-order valence-corrected chi connectivity index (χ0v) is 17.9. The van der Waals surface area contributed by atoms with Gasteiger partial charge in [0.05, 0.1) is 18.4 Å². The fraction of sp³-hybridized carbons (Fsp3) is 0.389. The van der Waals surface area contributed by atoms with E-state index in [2.05, 4.69) is 20.3 Å². The lowest BCUT2D eigenvalue weighted by Gasteiger charge is -2.43. The molecule has 1 saturated heterocycles. The normalized spacial score (nSPS) is 25.9. The highest BCUT2D eigenvalue weighted by Crippen LogP contribution is 2.39. The largest absolute Gasteiger partial charge is 0.394 e. The van der Waals surface area contributed by atoms with Crippen LogP contribution in [0, 0.1) is 11.3 Å². The summed E-state index contributed by atoms with van der Waals surface area (Å²) < 4.78 is 13.1. The minimum absolute atomic E-state index is 0.397. The van der Waals surface area contributed by atoms with Crippen molar-refractivity contribution >= 4 is 28.2 Å². The van der Waals surface area contributed by atoms with Crippen molar-refractivity contribution in [2.75, 3.05) is 19.5 Å². The molecule has 1 fully saturated rings. The summed E-state index contributed by atoms with van der Waals surface area (Å²) in [5.41, 5.74) is 6.57. The van der Waals surface area contributed by atoms with Gasteiger partial charge in [0.2, 0.25) is 0 Å². The highest BCUT2D eigenvalue weighted by atomic mass is 32.2. The minimum atomic E-state index is -1.11. The Kier molecular flexibility index (Phi) is 6.46. The van der Waals surface area contributed by atoms with Crippen molar-refractivity contribution in [3.8, 4) is 17.5 Å². The van der Waals surface area contributed by atoms with Crippen molar-refractivity contribution in [2.24, 2.45) is 0 Å². The number of ether oxygens (including phenoxy) is 2. The third-order valence-electron chi connectivity index (χ3n) is 4.79. The average molecular weight is 462 g/mol. The maximum Gasteiger partial charge on any atom is 0.180 e. The van der Waals surface area contributed by atoms with E-state index in [-0.39, 0.29) is 0 Å². The van der Waals surface area contributed by atoms with Crippen LogP contribution in [0.25, 0.3) is 11.4 Å². The lowest BCUT2D eigenvalue weighted by Crippen LogP contribution is -2.55. The summed E-state index contributed by atoms with van der Waals surface area (Å²) in [4.78, 5) is 8.95. The molecule has 3 aromatic heterocycles. The Balaban J connectivity index is 1.65. The maximum atomic E-state index is 10.9. The number of aliphatic hydroxyl groups excluding tert-OH is 2. The van der Waals surface area contributed by atoms with E-state index in [4.69, 9.17) is 20.5 Å². The molecule has 0 aliphatic carbocycles. The second-order valence-corrected chi connectivity index (χ2v) is 8.76. The molecule has 3 aromatic rings. The molecule has 0 saturated carbocycles. The van der Waals surface area contributed by atoms with Crippen molar-refractivity contribution in [2.45, 2.75) is 34.7 Å². The van der Waals surface area contributed by atoms with Gasteiger partial charge in [0.15, 0.2) is 5.13 Å². The number of aliphatic hydroxyl groups is 2. The van der Waals surface area contributed by atoms with Gasteiger partial charge in [-0.25, -0.2) is 9.67 Å². The molecule has 13 heteroatoms. The first-order valence-electron chi connectivity index (χ1n) is 9.16. The zero-order chi connectivity index (χ0) is 22.0. The number of nitrogen functional groups attached to an aromatic ring is 1. The summed E-state index contributed by atoms with van der Waals surface area (Å²) >= 11 is 2.57. The van der Waals surface area contributed by atoms with Crippen LogP contribution in [0.5, 0.6) is 0 Å². The first-order chi connectivity index (χ1) is 15.0. The molecule has 0 spiro atoms. The number of rotatable bonds is 6. The van der Waals surface area contributed by atoms with Crippen LogP contribution in [0.15, 0.2) is 34.9 Å². The van der Waals surface area contributed by atoms with Crippen molar-refractivity contribution in [1.29, 1.82) is 5.26 Å². The van der Waals surface area contributed by atoms with Gasteiger partial charge in [0.25, 0.3) is 0 Å². The number of anilines is 1. The van der Waals surface area contributed by atoms with Crippen LogP contribution in [0.1, 0.15) is 11.6 Å². The summed E-state index contributed by atoms with van der Waals surface area (Å²) in [6, 6.07) is 3.03. The van der Waals surface area contributed by atoms with E-state index in [9.17, 15) is 10.2 Å². The van der Waals surface area contributed by atoms with Gasteiger partial charge in [0, 0.05) is 29.8 Å². The summed E-state index contributed by atoms with van der Waals surface area (Å²) in [7, 11) is 1.50. The lowest BCUT2D eigenvalue weighted by molar-refractivity contribution is -0.186. The minimum Gasteiger partial charge on any atom is -0.394 e. The van der Waals surface area contributed by atoms with Gasteiger partial charge in [-0.1, -0.05) is 17.0 Å². The van der Waals surface area contributed by atoms with Crippen molar-refractivity contribution in [1.82, 2.24) is 25.0 Å². The Morgan fingerprint density at radius 3 is 2.94 bits per heavy atom. The van der Waals surface area contributed by atoms with Gasteiger partial charge in [-0.15, -0.1) is 16.4 Å². The second-order valence-electron chi connectivity index (χ2n) is 6.70. The maximum absolute atomic E-state index is 10.9. The van der Waals surface area contributed by atoms with E-state index in [0.717, 1.165) is 0 Å². The number of thiazole rings is 1. The van der Waals surface area contributed by atoms with Crippen LogP contribution < -0.4 is 5.73 Å². The van der Waals surface area contributed by atoms with E-state index < -0.39 is 36.4 Å². The van der Waals surface area contributed by atoms with E-state index in [0.29, 0.717) is 27.0 Å². The predicted molar refractivity (Wildman–Crippen MR) is 112 cm³/mol. The highest BCUT2D eigenvalue weighted by Gasteiger charge is 2.47. The Morgan fingerprint density at radius 2 is 2.26 bits per heavy atom. The highest BCUT2D eigenvalue weighted by molar-refractivity contribution is 7.99. The topological polar surface area (TPSA) is 165 Å². The molecule has 0 radical (unpaired) electrons. The SMILES string of the molecule is COC1C(n2cc(-c3csc(N)n3)nn2)[C@@H](O)C(CO)O[C@@H]1Sc1cncc(C#N)c1. The Bertz CT molecular complexity index is 1080. The molecule has 5 atom stereocenters. The fourth-order valence-corrected chi connectivity index (χ4v) is 5.08. The molecular weight excluding hydrogens is 442 g/mol. The quantitative estimate of drug-likeness (QED) is 0.472. The average Bonchev–Trinajstić information content (AvgIpc) is 3.43. The van der Waals surface area contributed by atoms with Crippen molar-refractivity contribution in [3.63, 3.8) is 0 Å². The van der Waals surface area contributed by atoms with Crippen LogP contribution in [-0.4, -0.2) is 72.6 Å². The molecule has 162 valence electrons. The Morgan fingerprint density at radius 1 is 1.42 bits per heavy atom. The summed E-state index contributed by atoms with van der Waals surface area (Å²) in [6.45, 7) is -0.397. The molecule has 0 bridgehead atoms. The Labute approximate surface area is 185 Å². The predicted octanol–water partition coefficient (Wildman–Crippen LogP) is 0.677. The fourth-order valence-electron chi connectivity index (χ4n) is 3.33. The van der Waals surface area contributed by atoms with Gasteiger partial charge in [-0.05, 0) is 6.07 Å². The van der Waals surface area contributed by atoms with Gasteiger partial charge in [-0.3, -0.25) is 4.98 Å². The summed E-state index contributed by atoms with van der Waals surface area (Å²) in [5.74, 6) is 0. The summed E-state index contributed by atoms with van der Waals surface area (Å²) in [6.07, 6.45) is 2.09. The molecule has 3 unspecified atom stereocenters. The van der Waals surface area contributed by atoms with Crippen molar-refractivity contribution < 1.29 is 19.7 Å². The van der Waals surface area contributed by atoms with Crippen LogP contribution >= 0.6 is 23.1 Å². The number of nitrogens with two attached hydrogens (primary N) is 1. The second kappa shape index (κ2) is 9.27.